The van der Waals surface area contributed by atoms with Gasteiger partial charge in [-0.3, -0.25) is 0 Å². The van der Waals surface area contributed by atoms with E-state index < -0.39 is 34.6 Å². The van der Waals surface area contributed by atoms with E-state index in [2.05, 4.69) is 5.73 Å². The van der Waals surface area contributed by atoms with Crippen molar-refractivity contribution in [2.45, 2.75) is 19.0 Å². The fraction of sp³-hybridized carbons (Fsp3) is 0.294. The van der Waals surface area contributed by atoms with Crippen molar-refractivity contribution < 1.29 is 32.5 Å². The normalized spacial score (nSPS) is 13.4. The Balaban J connectivity index is 0.00000109. The molecule has 0 spiro atoms. The average molecular weight is 359 g/mol. The van der Waals surface area contributed by atoms with Gasteiger partial charge in [-0.25, -0.2) is 4.39 Å². The first-order valence-corrected chi connectivity index (χ1v) is 7.44. The minimum absolute atomic E-state index is 0.0951. The Morgan fingerprint density at radius 2 is 1.64 bits per heavy atom. The first kappa shape index (κ1) is 18.9. The predicted molar refractivity (Wildman–Crippen MR) is 84.1 cm³/mol. The van der Waals surface area contributed by atoms with Gasteiger partial charge in [0.1, 0.15) is 11.6 Å². The molecule has 4 N–H and O–H groups in total. The molecular formula is C17H17F4NO3. The molecule has 1 aliphatic rings. The third-order valence-electron chi connectivity index (χ3n) is 3.68. The van der Waals surface area contributed by atoms with Gasteiger partial charge >= 0.3 is 6.18 Å². The molecule has 1 heterocycles. The van der Waals surface area contributed by atoms with Gasteiger partial charge in [0.25, 0.3) is 0 Å². The van der Waals surface area contributed by atoms with Crippen LogP contribution in [0.2, 0.25) is 0 Å². The highest BCUT2D eigenvalue weighted by Crippen LogP contribution is 2.46. The molecule has 0 amide bonds. The highest BCUT2D eigenvalue weighted by atomic mass is 19.4. The molecule has 0 aliphatic carbocycles. The molecule has 8 heteroatoms. The molecule has 0 saturated heterocycles. The smallest absolute Gasteiger partial charge is 0.417 e. The molecule has 1 aliphatic heterocycles. The van der Waals surface area contributed by atoms with Crippen LogP contribution in [0.4, 0.5) is 17.6 Å². The van der Waals surface area contributed by atoms with E-state index in [0.29, 0.717) is 31.1 Å². The van der Waals surface area contributed by atoms with Gasteiger partial charge < -0.3 is 20.7 Å². The molecule has 3 rings (SSSR count). The average Bonchev–Trinajstić information content (AvgIpc) is 2.57. The Labute approximate surface area is 141 Å². The number of phenols is 2. The maximum absolute atomic E-state index is 13.8. The molecular weight excluding hydrogens is 342 g/mol. The third kappa shape index (κ3) is 3.79. The lowest BCUT2D eigenvalue weighted by Gasteiger charge is -2.22. The summed E-state index contributed by atoms with van der Waals surface area (Å²) in [6.45, 7) is 0.317. The van der Waals surface area contributed by atoms with Crippen LogP contribution >= 0.6 is 0 Å². The number of phenolic OH excluding ortho intramolecular Hbond substituents is 2. The van der Waals surface area contributed by atoms with E-state index in [1.807, 2.05) is 0 Å². The topological polar surface area (TPSA) is 75.7 Å². The third-order valence-corrected chi connectivity index (χ3v) is 3.68. The van der Waals surface area contributed by atoms with Crippen molar-refractivity contribution in [2.75, 3.05) is 13.7 Å². The summed E-state index contributed by atoms with van der Waals surface area (Å²) < 4.78 is 59.0. The molecule has 0 bridgehead atoms. The maximum atomic E-state index is 13.8. The van der Waals surface area contributed by atoms with Gasteiger partial charge in [-0.05, 0) is 49.7 Å². The van der Waals surface area contributed by atoms with Crippen molar-refractivity contribution in [3.05, 3.63) is 41.2 Å². The van der Waals surface area contributed by atoms with Gasteiger partial charge in [0.05, 0.1) is 12.2 Å². The van der Waals surface area contributed by atoms with Crippen LogP contribution in [0.3, 0.4) is 0 Å². The summed E-state index contributed by atoms with van der Waals surface area (Å²) in [6.07, 6.45) is -3.65. The van der Waals surface area contributed by atoms with Crippen LogP contribution in [0, 0.1) is 5.82 Å². The number of alkyl halides is 3. The van der Waals surface area contributed by atoms with E-state index in [0.717, 1.165) is 12.1 Å². The molecule has 2 aromatic carbocycles. The van der Waals surface area contributed by atoms with Crippen molar-refractivity contribution in [3.63, 3.8) is 0 Å². The Kier molecular flexibility index (Phi) is 5.42. The van der Waals surface area contributed by atoms with Crippen LogP contribution in [0.1, 0.15) is 17.5 Å². The van der Waals surface area contributed by atoms with Crippen molar-refractivity contribution >= 4 is 0 Å². The van der Waals surface area contributed by atoms with Gasteiger partial charge in [0.15, 0.2) is 11.5 Å². The summed E-state index contributed by atoms with van der Waals surface area (Å²) in [5.41, 5.74) is 3.27. The first-order valence-electron chi connectivity index (χ1n) is 7.44. The number of aromatic hydroxyl groups is 2. The quantitative estimate of drug-likeness (QED) is 0.534. The number of nitrogens with two attached hydrogens (primary N) is 1. The van der Waals surface area contributed by atoms with Crippen LogP contribution in [0.15, 0.2) is 24.3 Å². The van der Waals surface area contributed by atoms with Crippen LogP contribution in [-0.4, -0.2) is 23.9 Å². The monoisotopic (exact) mass is 359 g/mol. The second-order valence-corrected chi connectivity index (χ2v) is 5.28. The number of hydrogen-bond donors (Lipinski definition) is 3. The highest BCUT2D eigenvalue weighted by Gasteiger charge is 2.36. The first-order chi connectivity index (χ1) is 11.8. The van der Waals surface area contributed by atoms with Crippen molar-refractivity contribution in [3.8, 4) is 28.4 Å². The lowest BCUT2D eigenvalue weighted by atomic mass is 9.93. The number of hydrogen-bond acceptors (Lipinski definition) is 4. The summed E-state index contributed by atoms with van der Waals surface area (Å²) >= 11 is 0. The molecule has 2 aromatic rings. The standard InChI is InChI=1S/C16H12F4O3.CH5N/c17-9-4-8-2-1-3-23-15(8)11(5-9)10-6-13(21)14(22)7-12(10)16(18,19)20;1-2/h4-7,21-22H,1-3H2;2H2,1H3. The molecule has 0 aromatic heterocycles. The van der Waals surface area contributed by atoms with E-state index in [-0.39, 0.29) is 11.3 Å². The minimum atomic E-state index is -4.78. The summed E-state index contributed by atoms with van der Waals surface area (Å²) in [5.74, 6) is -2.13. The summed E-state index contributed by atoms with van der Waals surface area (Å²) in [6, 6.07) is 3.35. The van der Waals surface area contributed by atoms with Crippen molar-refractivity contribution in [2.24, 2.45) is 5.73 Å². The van der Waals surface area contributed by atoms with Gasteiger partial charge in [-0.1, -0.05) is 0 Å². The molecule has 136 valence electrons. The number of ether oxygens (including phenoxy) is 1. The van der Waals surface area contributed by atoms with Gasteiger partial charge in [-0.2, -0.15) is 13.2 Å². The van der Waals surface area contributed by atoms with Crippen LogP contribution in [0.5, 0.6) is 17.2 Å². The van der Waals surface area contributed by atoms with Gasteiger partial charge in [0, 0.05) is 11.1 Å². The minimum Gasteiger partial charge on any atom is -0.504 e. The largest absolute Gasteiger partial charge is 0.504 e. The zero-order valence-corrected chi connectivity index (χ0v) is 13.3. The molecule has 25 heavy (non-hydrogen) atoms. The van der Waals surface area contributed by atoms with Crippen LogP contribution < -0.4 is 10.5 Å². The predicted octanol–water partition coefficient (Wildman–Crippen LogP) is 3.82. The molecule has 4 nitrogen and oxygen atoms in total. The summed E-state index contributed by atoms with van der Waals surface area (Å²) in [5, 5.41) is 18.9. The van der Waals surface area contributed by atoms with E-state index >= 15 is 0 Å². The molecule has 0 fully saturated rings. The van der Waals surface area contributed by atoms with Crippen LogP contribution in [-0.2, 0) is 12.6 Å². The second-order valence-electron chi connectivity index (χ2n) is 5.28. The molecule has 0 unspecified atom stereocenters. The Bertz CT molecular complexity index is 775. The summed E-state index contributed by atoms with van der Waals surface area (Å²) in [7, 11) is 1.50. The molecule has 0 saturated carbocycles. The number of fused-ring (bicyclic) bond motifs is 1. The van der Waals surface area contributed by atoms with Crippen LogP contribution in [0.25, 0.3) is 11.1 Å². The van der Waals surface area contributed by atoms with E-state index in [9.17, 15) is 27.8 Å². The van der Waals surface area contributed by atoms with Crippen molar-refractivity contribution in [1.29, 1.82) is 0 Å². The molecule has 0 radical (unpaired) electrons. The van der Waals surface area contributed by atoms with E-state index in [1.54, 1.807) is 0 Å². The Hall–Kier alpha value is -2.48. The lowest BCUT2D eigenvalue weighted by molar-refractivity contribution is -0.137. The Morgan fingerprint density at radius 3 is 2.28 bits per heavy atom. The fourth-order valence-electron chi connectivity index (χ4n) is 2.68. The second kappa shape index (κ2) is 7.18. The Morgan fingerprint density at radius 1 is 1.00 bits per heavy atom. The van der Waals surface area contributed by atoms with Crippen molar-refractivity contribution in [1.82, 2.24) is 0 Å². The highest BCUT2D eigenvalue weighted by molar-refractivity contribution is 5.78. The van der Waals surface area contributed by atoms with E-state index in [4.69, 9.17) is 4.74 Å². The van der Waals surface area contributed by atoms with Gasteiger partial charge in [-0.15, -0.1) is 0 Å². The summed E-state index contributed by atoms with van der Waals surface area (Å²) in [4.78, 5) is 0. The molecule has 0 atom stereocenters. The fourth-order valence-corrected chi connectivity index (χ4v) is 2.68. The zero-order valence-electron chi connectivity index (χ0n) is 13.3. The van der Waals surface area contributed by atoms with E-state index in [1.165, 1.54) is 13.1 Å². The number of aryl methyl sites for hydroxylation is 1. The SMILES string of the molecule is CN.Oc1cc(-c2cc(F)cc3c2OCCC3)c(C(F)(F)F)cc1O. The number of rotatable bonds is 1. The van der Waals surface area contributed by atoms with Gasteiger partial charge in [0.2, 0.25) is 0 Å². The number of benzene rings is 2. The zero-order chi connectivity index (χ0) is 18.8. The lowest BCUT2D eigenvalue weighted by Crippen LogP contribution is -2.12. The number of halogens is 4. The maximum Gasteiger partial charge on any atom is 0.417 e.